The highest BCUT2D eigenvalue weighted by molar-refractivity contribution is 5.98. The van der Waals surface area contributed by atoms with Gasteiger partial charge in [-0.3, -0.25) is 28.8 Å². The molecule has 1 aromatic rings. The minimum Gasteiger partial charge on any atom is -0.461 e. The number of benzene rings is 1. The molecule has 3 N–H and O–H groups in total. The lowest BCUT2D eigenvalue weighted by Gasteiger charge is -2.34. The van der Waals surface area contributed by atoms with Crippen LogP contribution in [0.5, 0.6) is 0 Å². The van der Waals surface area contributed by atoms with Crippen molar-refractivity contribution in [2.75, 3.05) is 26.7 Å². The number of rotatable bonds is 7. The average molecular weight is 785 g/mol. The van der Waals surface area contributed by atoms with Crippen LogP contribution in [0.2, 0.25) is 0 Å². The molecule has 56 heavy (non-hydrogen) atoms. The highest BCUT2D eigenvalue weighted by atomic mass is 19.1. The van der Waals surface area contributed by atoms with E-state index in [0.717, 1.165) is 50.7 Å². The summed E-state index contributed by atoms with van der Waals surface area (Å²) in [7, 11) is 1.43. The summed E-state index contributed by atoms with van der Waals surface area (Å²) in [6.07, 6.45) is 9.88. The van der Waals surface area contributed by atoms with Crippen LogP contribution in [-0.2, 0) is 44.7 Å². The molecule has 0 unspecified atom stereocenters. The molecule has 1 saturated carbocycles. The van der Waals surface area contributed by atoms with Crippen LogP contribution in [0.1, 0.15) is 84.1 Å². The van der Waals surface area contributed by atoms with E-state index >= 15 is 0 Å². The maximum absolute atomic E-state index is 14.3. The molecule has 1 aliphatic carbocycles. The van der Waals surface area contributed by atoms with Crippen molar-refractivity contribution in [1.82, 2.24) is 30.7 Å². The van der Waals surface area contributed by atoms with Crippen LogP contribution in [0, 0.1) is 23.5 Å². The van der Waals surface area contributed by atoms with Gasteiger partial charge in [-0.05, 0) is 81.6 Å². The van der Waals surface area contributed by atoms with Crippen molar-refractivity contribution in [3.05, 3.63) is 47.5 Å². The van der Waals surface area contributed by atoms with Gasteiger partial charge in [0.15, 0.2) is 0 Å². The van der Waals surface area contributed by atoms with Crippen LogP contribution in [0.15, 0.2) is 30.4 Å². The van der Waals surface area contributed by atoms with Gasteiger partial charge < -0.3 is 35.4 Å². The Morgan fingerprint density at radius 2 is 1.57 bits per heavy atom. The summed E-state index contributed by atoms with van der Waals surface area (Å²) in [5.41, 5.74) is 0.0622. The van der Waals surface area contributed by atoms with Gasteiger partial charge in [-0.15, -0.1) is 0 Å². The van der Waals surface area contributed by atoms with E-state index < -0.39 is 95.9 Å². The van der Waals surface area contributed by atoms with Gasteiger partial charge in [-0.2, -0.15) is 0 Å². The predicted octanol–water partition coefficient (Wildman–Crippen LogP) is 2.14. The Hall–Kier alpha value is -4.89. The number of halogens is 2. The van der Waals surface area contributed by atoms with E-state index in [0.29, 0.717) is 12.5 Å². The molecule has 4 fully saturated rings. The molecule has 0 spiro atoms. The second-order valence-electron chi connectivity index (χ2n) is 15.7. The van der Waals surface area contributed by atoms with Crippen LogP contribution >= 0.6 is 0 Å². The predicted molar refractivity (Wildman–Crippen MR) is 199 cm³/mol. The lowest BCUT2D eigenvalue weighted by atomic mass is 10.00. The molecular formula is C40H54F2N6O8. The van der Waals surface area contributed by atoms with E-state index in [9.17, 15) is 42.3 Å². The number of ether oxygens (including phenoxy) is 1. The normalized spacial score (nSPS) is 28.0. The first-order valence-corrected chi connectivity index (χ1v) is 19.7. The molecule has 0 aromatic heterocycles. The van der Waals surface area contributed by atoms with E-state index in [1.54, 1.807) is 6.08 Å². The van der Waals surface area contributed by atoms with Gasteiger partial charge in [0.25, 0.3) is 0 Å². The van der Waals surface area contributed by atoms with Crippen molar-refractivity contribution in [2.24, 2.45) is 11.8 Å². The fourth-order valence-electron chi connectivity index (χ4n) is 8.08. The summed E-state index contributed by atoms with van der Waals surface area (Å²) >= 11 is 0. The third kappa shape index (κ3) is 10.5. The summed E-state index contributed by atoms with van der Waals surface area (Å²) in [5.74, 6) is -6.46. The Kier molecular flexibility index (Phi) is 14.2. The lowest BCUT2D eigenvalue weighted by molar-refractivity contribution is -0.158. The molecule has 7 atom stereocenters. The van der Waals surface area contributed by atoms with Crippen LogP contribution in [0.3, 0.4) is 0 Å². The topological polar surface area (TPSA) is 175 Å². The number of nitrogens with zero attached hydrogens (tertiary/aromatic N) is 3. The molecule has 14 nitrogen and oxygen atoms in total. The zero-order valence-electron chi connectivity index (χ0n) is 32.6. The third-order valence-electron chi connectivity index (χ3n) is 11.3. The van der Waals surface area contributed by atoms with Crippen molar-refractivity contribution >= 4 is 41.4 Å². The number of esters is 1. The zero-order valence-corrected chi connectivity index (χ0v) is 32.6. The zero-order chi connectivity index (χ0) is 40.7. The Morgan fingerprint density at radius 3 is 2.25 bits per heavy atom. The second-order valence-corrected chi connectivity index (χ2v) is 15.7. The average Bonchev–Trinajstić information content (AvgIpc) is 3.72. The molecule has 0 radical (unpaired) electrons. The SMILES string of the molecule is C[C@@H]1C[C@H]2C(=O)OC[C@H](NC(=O)[C@H](Cc3cc(F)cc(F)c3)NC(=O)C=CC3CCCCCC3)C(=O)N3CCC[C@H]3C(=O)N(C)[C@@H](C)C(=O)N[C@@H](C)C(=O)N2C1. The fraction of sp³-hybridized carbons (Fsp3) is 0.625. The molecule has 3 heterocycles. The molecule has 4 aliphatic rings. The molecule has 16 heteroatoms. The van der Waals surface area contributed by atoms with Crippen molar-refractivity contribution in [1.29, 1.82) is 0 Å². The number of hydrogen-bond donors (Lipinski definition) is 3. The first kappa shape index (κ1) is 42.3. The van der Waals surface area contributed by atoms with Gasteiger partial charge in [0, 0.05) is 32.6 Å². The Morgan fingerprint density at radius 1 is 0.893 bits per heavy atom. The lowest BCUT2D eigenvalue weighted by Crippen LogP contribution is -2.60. The number of hydrogen-bond acceptors (Lipinski definition) is 8. The van der Waals surface area contributed by atoms with Gasteiger partial charge in [0.05, 0.1) is 0 Å². The fourth-order valence-corrected chi connectivity index (χ4v) is 8.08. The van der Waals surface area contributed by atoms with Crippen LogP contribution in [-0.4, -0.2) is 119 Å². The van der Waals surface area contributed by atoms with Crippen molar-refractivity contribution in [3.63, 3.8) is 0 Å². The number of amides is 6. The van der Waals surface area contributed by atoms with E-state index in [4.69, 9.17) is 4.74 Å². The molecule has 3 aliphatic heterocycles. The Balaban J connectivity index is 1.44. The summed E-state index contributed by atoms with van der Waals surface area (Å²) in [6.45, 7) is 4.50. The summed E-state index contributed by atoms with van der Waals surface area (Å²) < 4.78 is 34.2. The van der Waals surface area contributed by atoms with Gasteiger partial charge in [0.2, 0.25) is 35.4 Å². The highest BCUT2D eigenvalue weighted by Crippen LogP contribution is 2.27. The van der Waals surface area contributed by atoms with E-state index in [-0.39, 0.29) is 49.8 Å². The smallest absolute Gasteiger partial charge is 0.328 e. The van der Waals surface area contributed by atoms with E-state index in [1.165, 1.54) is 41.7 Å². The van der Waals surface area contributed by atoms with Crippen LogP contribution in [0.25, 0.3) is 0 Å². The molecule has 3 saturated heterocycles. The molecule has 0 bridgehead atoms. The monoisotopic (exact) mass is 784 g/mol. The molecule has 306 valence electrons. The van der Waals surface area contributed by atoms with E-state index in [1.807, 2.05) is 6.92 Å². The second kappa shape index (κ2) is 18.8. The number of nitrogens with one attached hydrogen (secondary N) is 3. The quantitative estimate of drug-likeness (QED) is 0.214. The highest BCUT2D eigenvalue weighted by Gasteiger charge is 2.44. The molecule has 6 amide bonds. The summed E-state index contributed by atoms with van der Waals surface area (Å²) in [6, 6.07) is -4.36. The van der Waals surface area contributed by atoms with Gasteiger partial charge in [-0.25, -0.2) is 13.6 Å². The van der Waals surface area contributed by atoms with Crippen LogP contribution < -0.4 is 16.0 Å². The van der Waals surface area contributed by atoms with Gasteiger partial charge in [0.1, 0.15) is 54.5 Å². The first-order chi connectivity index (χ1) is 26.6. The minimum atomic E-state index is -1.56. The summed E-state index contributed by atoms with van der Waals surface area (Å²) in [5, 5.41) is 7.87. The minimum absolute atomic E-state index is 0.0622. The van der Waals surface area contributed by atoms with Crippen molar-refractivity contribution in [2.45, 2.75) is 121 Å². The van der Waals surface area contributed by atoms with Crippen LogP contribution in [0.4, 0.5) is 8.78 Å². The Bertz CT molecular complexity index is 1680. The Labute approximate surface area is 326 Å². The largest absolute Gasteiger partial charge is 0.461 e. The van der Waals surface area contributed by atoms with Gasteiger partial charge in [-0.1, -0.05) is 38.7 Å². The van der Waals surface area contributed by atoms with E-state index in [2.05, 4.69) is 16.0 Å². The van der Waals surface area contributed by atoms with Gasteiger partial charge >= 0.3 is 5.97 Å². The number of likely N-dealkylation sites (N-methyl/N-ethyl adjacent to an activating group) is 1. The maximum Gasteiger partial charge on any atom is 0.328 e. The van der Waals surface area contributed by atoms with Crippen molar-refractivity contribution in [3.8, 4) is 0 Å². The molecule has 5 rings (SSSR count). The molecular weight excluding hydrogens is 730 g/mol. The standard InChI is InChI=1S/C40H54F2N6O8/c1-23-16-33-40(55)56-22-31(38(53)47-15-9-12-32(47)39(54)46(4)25(3)35(50)43-24(2)37(52)48(33)21-23)45-36(51)30(19-27-17-28(41)20-29(42)18-27)44-34(49)14-13-26-10-7-5-6-8-11-26/h13-14,17-18,20,23-26,30-33H,5-12,15-16,19,21-22H2,1-4H3,(H,43,50)(H,44,49)(H,45,51)/t23-,24+,25+,30+,31+,32+,33+/m1/s1. The van der Waals surface area contributed by atoms with Crippen molar-refractivity contribution < 1.29 is 47.1 Å². The number of allylic oxidation sites excluding steroid dienone is 1. The number of fused-ring (bicyclic) bond motifs is 2. The number of carbonyl (C=O) groups is 7. The number of carbonyl (C=O) groups excluding carboxylic acids is 7. The summed E-state index contributed by atoms with van der Waals surface area (Å²) in [4.78, 5) is 99.7. The first-order valence-electron chi connectivity index (χ1n) is 19.7. The number of cyclic esters (lactones) is 1. The third-order valence-corrected chi connectivity index (χ3v) is 11.3. The maximum atomic E-state index is 14.3. The molecule has 1 aromatic carbocycles.